The van der Waals surface area contributed by atoms with E-state index in [1.165, 1.54) is 105 Å². The minimum atomic E-state index is -0.139. The van der Waals surface area contributed by atoms with E-state index in [4.69, 9.17) is 8.83 Å². The number of hydrogen-bond acceptors (Lipinski definition) is 4. The maximum atomic E-state index is 6.78. The second-order valence-corrected chi connectivity index (χ2v) is 23.0. The normalized spacial score (nSPS) is 16.2. The van der Waals surface area contributed by atoms with Gasteiger partial charge < -0.3 is 18.2 Å². The van der Waals surface area contributed by atoms with Gasteiger partial charge in [0.05, 0.1) is 11.0 Å². The van der Waals surface area contributed by atoms with Crippen LogP contribution in [0.5, 0.6) is 0 Å². The van der Waals surface area contributed by atoms with Crippen LogP contribution in [-0.4, -0.2) is 11.4 Å². The highest BCUT2D eigenvalue weighted by molar-refractivity contribution is 7.25. The number of fused-ring (bicyclic) bond motifs is 18. The number of para-hydroxylation sites is 2. The molecular weight excluding hydrogens is 824 g/mol. The van der Waals surface area contributed by atoms with Gasteiger partial charge in [-0.3, -0.25) is 0 Å². The summed E-state index contributed by atoms with van der Waals surface area (Å²) in [5, 5.41) is 9.75. The molecule has 318 valence electrons. The first kappa shape index (κ1) is 37.5. The number of aromatic nitrogens is 1. The van der Waals surface area contributed by atoms with Gasteiger partial charge in [-0.05, 0) is 129 Å². The van der Waals surface area contributed by atoms with Crippen molar-refractivity contribution < 1.29 is 8.83 Å². The number of furan rings is 2. The Morgan fingerprint density at radius 3 is 1.86 bits per heavy atom. The molecule has 4 nitrogen and oxygen atoms in total. The van der Waals surface area contributed by atoms with E-state index < -0.39 is 0 Å². The molecule has 0 N–H and O–H groups in total. The topological polar surface area (TPSA) is 34.5 Å². The van der Waals surface area contributed by atoms with E-state index in [1.54, 1.807) is 0 Å². The molecular formula is C60H47BN2O2S. The van der Waals surface area contributed by atoms with Crippen LogP contribution in [0.15, 0.2) is 142 Å². The van der Waals surface area contributed by atoms with Gasteiger partial charge in [0.2, 0.25) is 0 Å². The fourth-order valence-electron chi connectivity index (χ4n) is 12.6. The van der Waals surface area contributed by atoms with Crippen LogP contribution in [0.25, 0.3) is 103 Å². The Kier molecular flexibility index (Phi) is 6.91. The fourth-order valence-corrected chi connectivity index (χ4v) is 13.7. The molecule has 0 saturated carbocycles. The molecule has 0 saturated heterocycles. The lowest BCUT2D eigenvalue weighted by Gasteiger charge is -2.42. The summed E-state index contributed by atoms with van der Waals surface area (Å²) in [6.07, 6.45) is 2.40. The van der Waals surface area contributed by atoms with Gasteiger partial charge in [0.1, 0.15) is 22.3 Å². The fraction of sp³-hybridized carbons (Fsp3) is 0.200. The molecule has 3 aliphatic rings. The minimum Gasteiger partial charge on any atom is -0.456 e. The first-order valence-electron chi connectivity index (χ1n) is 23.6. The van der Waals surface area contributed by atoms with Crippen molar-refractivity contribution in [2.45, 2.75) is 77.6 Å². The highest BCUT2D eigenvalue weighted by Crippen LogP contribution is 2.53. The molecule has 0 unspecified atom stereocenters. The molecule has 6 heterocycles. The molecule has 0 amide bonds. The SMILES string of the molecule is CC(C)(C)c1ccc(N2B3c4cc5oc6ccccc6c5cc4-n4c5cc6oc7ccccc7c6cc5c5ccc(c3c54)-c3cc4sc5cc6c(cc5c4cc32)C(C)(C)CCC6(C)C)cc1. The summed E-state index contributed by atoms with van der Waals surface area (Å²) >= 11 is 1.96. The van der Waals surface area contributed by atoms with Crippen molar-refractivity contribution in [2.75, 3.05) is 4.81 Å². The molecule has 0 spiro atoms. The second-order valence-electron chi connectivity index (χ2n) is 21.9. The van der Waals surface area contributed by atoms with Crippen LogP contribution in [0.4, 0.5) is 11.4 Å². The Morgan fingerprint density at radius 2 is 1.15 bits per heavy atom. The standard InChI is InChI=1S/C60H47BN2O2S/c1-58(2,3)32-16-18-33(19-17-32)63-48-27-43-42-25-44-45(60(6,7)23-22-59(44,4)5)29-55(42)66-54(43)28-39(48)36-20-21-37-38-24-40-34-12-8-10-14-50(34)65-53(40)31-47(38)62-49-26-41-35-13-9-11-15-51(35)64-52(41)30-46(49)61(63)56(36)57(37)62/h8-21,24-31H,22-23H2,1-7H3. The van der Waals surface area contributed by atoms with Crippen molar-refractivity contribution in [3.8, 4) is 16.8 Å². The van der Waals surface area contributed by atoms with Crippen LogP contribution < -0.4 is 15.7 Å². The summed E-state index contributed by atoms with van der Waals surface area (Å²) in [6, 6.07) is 50.8. The van der Waals surface area contributed by atoms with Crippen molar-refractivity contribution >= 4 is 126 Å². The monoisotopic (exact) mass is 870 g/mol. The van der Waals surface area contributed by atoms with Crippen LogP contribution in [0, 0.1) is 0 Å². The molecule has 66 heavy (non-hydrogen) atoms. The van der Waals surface area contributed by atoms with Crippen molar-refractivity contribution in [3.05, 3.63) is 150 Å². The summed E-state index contributed by atoms with van der Waals surface area (Å²) in [5.41, 5.74) is 19.4. The highest BCUT2D eigenvalue weighted by Gasteiger charge is 2.45. The maximum Gasteiger partial charge on any atom is 0.333 e. The summed E-state index contributed by atoms with van der Waals surface area (Å²) in [4.78, 5) is 2.67. The Bertz CT molecular complexity index is 4170. The molecule has 0 radical (unpaired) electrons. The van der Waals surface area contributed by atoms with E-state index in [-0.39, 0.29) is 23.1 Å². The number of nitrogens with zero attached hydrogens (tertiary/aromatic N) is 2. The predicted octanol–water partition coefficient (Wildman–Crippen LogP) is 15.8. The molecule has 8 aromatic carbocycles. The highest BCUT2D eigenvalue weighted by atomic mass is 32.1. The van der Waals surface area contributed by atoms with Crippen LogP contribution in [0.3, 0.4) is 0 Å². The zero-order valence-corrected chi connectivity index (χ0v) is 39.1. The van der Waals surface area contributed by atoms with Crippen molar-refractivity contribution in [3.63, 3.8) is 0 Å². The van der Waals surface area contributed by atoms with Crippen LogP contribution in [-0.2, 0) is 16.2 Å². The Balaban J connectivity index is 1.09. The summed E-state index contributed by atoms with van der Waals surface area (Å²) < 4.78 is 18.7. The van der Waals surface area contributed by atoms with Gasteiger partial charge in [0.15, 0.2) is 0 Å². The third kappa shape index (κ3) is 4.75. The number of hydrogen-bond donors (Lipinski definition) is 0. The summed E-state index contributed by atoms with van der Waals surface area (Å²) in [6.45, 7) is 16.6. The van der Waals surface area contributed by atoms with E-state index in [9.17, 15) is 0 Å². The predicted molar refractivity (Wildman–Crippen MR) is 281 cm³/mol. The number of thiophene rings is 1. The number of benzene rings is 8. The summed E-state index contributed by atoms with van der Waals surface area (Å²) in [5.74, 6) is 0. The third-order valence-corrected chi connectivity index (χ3v) is 17.3. The van der Waals surface area contributed by atoms with Gasteiger partial charge in [0.25, 0.3) is 0 Å². The van der Waals surface area contributed by atoms with Crippen molar-refractivity contribution in [1.82, 2.24) is 4.57 Å². The minimum absolute atomic E-state index is 0.0239. The second kappa shape index (κ2) is 12.2. The van der Waals surface area contributed by atoms with Crippen molar-refractivity contribution in [1.29, 1.82) is 0 Å². The van der Waals surface area contributed by atoms with Gasteiger partial charge in [-0.2, -0.15) is 0 Å². The first-order valence-corrected chi connectivity index (χ1v) is 24.5. The van der Waals surface area contributed by atoms with Gasteiger partial charge in [-0.15, -0.1) is 11.3 Å². The molecule has 0 bridgehead atoms. The van der Waals surface area contributed by atoms with Crippen LogP contribution >= 0.6 is 11.3 Å². The van der Waals surface area contributed by atoms with Crippen molar-refractivity contribution in [2.24, 2.45) is 0 Å². The Morgan fingerprint density at radius 1 is 0.530 bits per heavy atom. The van der Waals surface area contributed by atoms with Gasteiger partial charge in [-0.25, -0.2) is 0 Å². The zero-order chi connectivity index (χ0) is 44.3. The van der Waals surface area contributed by atoms with E-state index >= 15 is 0 Å². The Labute approximate surface area is 387 Å². The quantitative estimate of drug-likeness (QED) is 0.154. The van der Waals surface area contributed by atoms with E-state index in [2.05, 4.69) is 191 Å². The smallest absolute Gasteiger partial charge is 0.333 e. The molecule has 4 aromatic heterocycles. The lowest BCUT2D eigenvalue weighted by molar-refractivity contribution is 0.332. The lowest BCUT2D eigenvalue weighted by Crippen LogP contribution is -2.60. The maximum absolute atomic E-state index is 6.78. The molecule has 0 atom stereocenters. The Hall–Kier alpha value is -6.76. The molecule has 6 heteroatoms. The van der Waals surface area contributed by atoms with E-state index in [1.807, 2.05) is 11.3 Å². The van der Waals surface area contributed by atoms with Gasteiger partial charge >= 0.3 is 6.85 Å². The first-order chi connectivity index (χ1) is 31.8. The molecule has 1 aliphatic carbocycles. The molecule has 0 fully saturated rings. The van der Waals surface area contributed by atoms with Gasteiger partial charge in [0, 0.05) is 81.2 Å². The summed E-state index contributed by atoms with van der Waals surface area (Å²) in [7, 11) is 0. The van der Waals surface area contributed by atoms with E-state index in [0.717, 1.165) is 49.4 Å². The molecule has 15 rings (SSSR count). The van der Waals surface area contributed by atoms with Crippen LogP contribution in [0.1, 0.15) is 78.0 Å². The molecule has 2 aliphatic heterocycles. The van der Waals surface area contributed by atoms with E-state index in [0.29, 0.717) is 0 Å². The molecule has 12 aromatic rings. The lowest BCUT2D eigenvalue weighted by atomic mass is 9.44. The van der Waals surface area contributed by atoms with Crippen LogP contribution in [0.2, 0.25) is 0 Å². The largest absolute Gasteiger partial charge is 0.456 e. The zero-order valence-electron chi connectivity index (χ0n) is 38.3. The van der Waals surface area contributed by atoms with Gasteiger partial charge in [-0.1, -0.05) is 109 Å². The number of anilines is 2. The third-order valence-electron chi connectivity index (χ3n) is 16.2. The average Bonchev–Trinajstić information content (AvgIpc) is 4.05. The number of rotatable bonds is 1. The average molecular weight is 871 g/mol.